The summed E-state index contributed by atoms with van der Waals surface area (Å²) in [5.74, 6) is 1.27. The van der Waals surface area contributed by atoms with E-state index in [9.17, 15) is 9.59 Å². The van der Waals surface area contributed by atoms with E-state index in [0.717, 1.165) is 44.5 Å². The van der Waals surface area contributed by atoms with Crippen LogP contribution in [0.25, 0.3) is 0 Å². The summed E-state index contributed by atoms with van der Waals surface area (Å²) in [7, 11) is 1.63. The van der Waals surface area contributed by atoms with Gasteiger partial charge in [-0.15, -0.1) is 0 Å². The third-order valence-corrected chi connectivity index (χ3v) is 5.97. The molecule has 1 unspecified atom stereocenters. The lowest BCUT2D eigenvalue weighted by Gasteiger charge is -2.26. The number of aromatic nitrogens is 1. The molecule has 0 aromatic carbocycles. The highest BCUT2D eigenvalue weighted by Gasteiger charge is 2.31. The largest absolute Gasteiger partial charge is 0.477 e. The molecule has 30 heavy (non-hydrogen) atoms. The molecule has 0 bridgehead atoms. The predicted octanol–water partition coefficient (Wildman–Crippen LogP) is 3.05. The third kappa shape index (κ3) is 5.94. The number of carbonyl (C=O) groups excluding carboxylic acids is 2. The maximum Gasteiger partial charge on any atom is 0.270 e. The number of hydrogen-bond acceptors (Lipinski definition) is 5. The standard InChI is InChI=1S/C23H35N3O4/c1-15(13-23(2,3)22(28)24-4)25-20(27)19-8-7-18(17-5-6-17)21(26-19)30-14-16-9-11-29-12-10-16/h7-8,15-17H,5-6,9-14H2,1-4H3,(H,24,28)(H,25,27). The van der Waals surface area contributed by atoms with Crippen molar-refractivity contribution in [2.45, 2.75) is 64.8 Å². The van der Waals surface area contributed by atoms with Crippen LogP contribution in [0, 0.1) is 11.3 Å². The van der Waals surface area contributed by atoms with Crippen molar-refractivity contribution in [2.24, 2.45) is 11.3 Å². The fraction of sp³-hybridized carbons (Fsp3) is 0.696. The molecule has 1 saturated carbocycles. The molecule has 1 aromatic rings. The van der Waals surface area contributed by atoms with Crippen LogP contribution in [0.5, 0.6) is 5.88 Å². The van der Waals surface area contributed by atoms with E-state index < -0.39 is 5.41 Å². The summed E-state index contributed by atoms with van der Waals surface area (Å²) in [6.45, 7) is 7.83. The third-order valence-electron chi connectivity index (χ3n) is 5.97. The van der Waals surface area contributed by atoms with Crippen LogP contribution < -0.4 is 15.4 Å². The molecular formula is C23H35N3O4. The SMILES string of the molecule is CNC(=O)C(C)(C)CC(C)NC(=O)c1ccc(C2CC2)c(OCC2CCOCC2)n1. The van der Waals surface area contributed by atoms with Gasteiger partial charge in [0.1, 0.15) is 5.69 Å². The van der Waals surface area contributed by atoms with Gasteiger partial charge in [-0.3, -0.25) is 9.59 Å². The molecule has 1 aromatic heterocycles. The van der Waals surface area contributed by atoms with Gasteiger partial charge in [0.05, 0.1) is 6.61 Å². The lowest BCUT2D eigenvalue weighted by Crippen LogP contribution is -2.42. The molecule has 1 atom stereocenters. The Morgan fingerprint density at radius 2 is 1.93 bits per heavy atom. The molecule has 3 rings (SSSR count). The topological polar surface area (TPSA) is 89.6 Å². The molecule has 166 valence electrons. The Morgan fingerprint density at radius 3 is 2.57 bits per heavy atom. The highest BCUT2D eigenvalue weighted by molar-refractivity contribution is 5.92. The summed E-state index contributed by atoms with van der Waals surface area (Å²) in [6.07, 6.45) is 4.82. The minimum atomic E-state index is -0.567. The van der Waals surface area contributed by atoms with Crippen molar-refractivity contribution in [3.8, 4) is 5.88 Å². The molecule has 2 fully saturated rings. The Hall–Kier alpha value is -2.15. The van der Waals surface area contributed by atoms with Crippen molar-refractivity contribution in [1.82, 2.24) is 15.6 Å². The smallest absolute Gasteiger partial charge is 0.270 e. The van der Waals surface area contributed by atoms with Gasteiger partial charge in [-0.2, -0.15) is 0 Å². The van der Waals surface area contributed by atoms with Crippen molar-refractivity contribution >= 4 is 11.8 Å². The van der Waals surface area contributed by atoms with E-state index in [1.165, 1.54) is 0 Å². The molecule has 1 aliphatic carbocycles. The Labute approximate surface area is 179 Å². The lowest BCUT2D eigenvalue weighted by molar-refractivity contribution is -0.129. The zero-order chi connectivity index (χ0) is 21.7. The maximum absolute atomic E-state index is 12.8. The van der Waals surface area contributed by atoms with Gasteiger partial charge in [0.25, 0.3) is 5.91 Å². The Balaban J connectivity index is 1.64. The Bertz CT molecular complexity index is 755. The summed E-state index contributed by atoms with van der Waals surface area (Å²) in [6, 6.07) is 3.60. The van der Waals surface area contributed by atoms with Crippen LogP contribution in [-0.2, 0) is 9.53 Å². The monoisotopic (exact) mass is 417 g/mol. The van der Waals surface area contributed by atoms with Gasteiger partial charge in [-0.1, -0.05) is 19.9 Å². The quantitative estimate of drug-likeness (QED) is 0.645. The zero-order valence-electron chi connectivity index (χ0n) is 18.6. The number of hydrogen-bond donors (Lipinski definition) is 2. The normalized spacial score (nSPS) is 18.5. The molecule has 1 saturated heterocycles. The van der Waals surface area contributed by atoms with E-state index >= 15 is 0 Å². The summed E-state index contributed by atoms with van der Waals surface area (Å²) < 4.78 is 11.5. The van der Waals surface area contributed by atoms with Gasteiger partial charge < -0.3 is 20.1 Å². The van der Waals surface area contributed by atoms with E-state index in [2.05, 4.69) is 15.6 Å². The van der Waals surface area contributed by atoms with Crippen LogP contribution in [0.1, 0.15) is 74.8 Å². The molecule has 2 aliphatic rings. The molecule has 2 heterocycles. The second-order valence-corrected chi connectivity index (χ2v) is 9.27. The van der Waals surface area contributed by atoms with Crippen LogP contribution in [0.3, 0.4) is 0 Å². The first-order chi connectivity index (χ1) is 14.3. The van der Waals surface area contributed by atoms with Crippen LogP contribution in [0.15, 0.2) is 12.1 Å². The van der Waals surface area contributed by atoms with Gasteiger partial charge in [0.15, 0.2) is 0 Å². The summed E-state index contributed by atoms with van der Waals surface area (Å²) in [5, 5.41) is 5.65. The number of rotatable bonds is 9. The van der Waals surface area contributed by atoms with Crippen molar-refractivity contribution in [2.75, 3.05) is 26.9 Å². The predicted molar refractivity (Wildman–Crippen MR) is 115 cm³/mol. The van der Waals surface area contributed by atoms with Crippen LogP contribution in [-0.4, -0.2) is 49.7 Å². The second kappa shape index (κ2) is 9.77. The fourth-order valence-corrected chi connectivity index (χ4v) is 4.05. The minimum Gasteiger partial charge on any atom is -0.477 e. The summed E-state index contributed by atoms with van der Waals surface area (Å²) in [4.78, 5) is 29.4. The van der Waals surface area contributed by atoms with Crippen LogP contribution >= 0.6 is 0 Å². The van der Waals surface area contributed by atoms with Crippen LogP contribution in [0.2, 0.25) is 0 Å². The van der Waals surface area contributed by atoms with Gasteiger partial charge >= 0.3 is 0 Å². The van der Waals surface area contributed by atoms with E-state index in [4.69, 9.17) is 9.47 Å². The zero-order valence-corrected chi connectivity index (χ0v) is 18.6. The number of nitrogens with zero attached hydrogens (tertiary/aromatic N) is 1. The fourth-order valence-electron chi connectivity index (χ4n) is 4.05. The Morgan fingerprint density at radius 1 is 1.23 bits per heavy atom. The van der Waals surface area contributed by atoms with E-state index in [1.807, 2.05) is 26.8 Å². The molecule has 0 radical (unpaired) electrons. The molecule has 2 N–H and O–H groups in total. The summed E-state index contributed by atoms with van der Waals surface area (Å²) in [5.41, 5.74) is 0.890. The van der Waals surface area contributed by atoms with Gasteiger partial charge in [-0.25, -0.2) is 4.98 Å². The minimum absolute atomic E-state index is 0.0423. The second-order valence-electron chi connectivity index (χ2n) is 9.27. The molecule has 2 amide bonds. The van der Waals surface area contributed by atoms with Crippen LogP contribution in [0.4, 0.5) is 0 Å². The maximum atomic E-state index is 12.8. The molecule has 0 spiro atoms. The first-order valence-corrected chi connectivity index (χ1v) is 11.0. The molecular weight excluding hydrogens is 382 g/mol. The van der Waals surface area contributed by atoms with Gasteiger partial charge in [-0.05, 0) is 56.9 Å². The van der Waals surface area contributed by atoms with Crippen molar-refractivity contribution in [3.63, 3.8) is 0 Å². The summed E-state index contributed by atoms with van der Waals surface area (Å²) >= 11 is 0. The van der Waals surface area contributed by atoms with Crippen molar-refractivity contribution in [3.05, 3.63) is 23.4 Å². The van der Waals surface area contributed by atoms with Crippen molar-refractivity contribution < 1.29 is 19.1 Å². The van der Waals surface area contributed by atoms with E-state index in [1.54, 1.807) is 13.1 Å². The molecule has 7 heteroatoms. The molecule has 1 aliphatic heterocycles. The number of nitrogens with one attached hydrogen (secondary N) is 2. The molecule has 7 nitrogen and oxygen atoms in total. The average molecular weight is 418 g/mol. The first-order valence-electron chi connectivity index (χ1n) is 11.0. The number of pyridine rings is 1. The number of carbonyl (C=O) groups is 2. The first kappa shape index (κ1) is 22.5. The number of amides is 2. The number of ether oxygens (including phenoxy) is 2. The van der Waals surface area contributed by atoms with E-state index in [0.29, 0.717) is 36.4 Å². The Kier molecular flexibility index (Phi) is 7.34. The average Bonchev–Trinajstić information content (AvgIpc) is 3.56. The van der Waals surface area contributed by atoms with Gasteiger partial charge in [0.2, 0.25) is 11.8 Å². The lowest BCUT2D eigenvalue weighted by atomic mass is 9.85. The van der Waals surface area contributed by atoms with Crippen molar-refractivity contribution in [1.29, 1.82) is 0 Å². The van der Waals surface area contributed by atoms with E-state index in [-0.39, 0.29) is 17.9 Å². The highest BCUT2D eigenvalue weighted by atomic mass is 16.5. The van der Waals surface area contributed by atoms with Gasteiger partial charge in [0, 0.05) is 37.3 Å². The highest BCUT2D eigenvalue weighted by Crippen LogP contribution is 2.43.